The van der Waals surface area contributed by atoms with Crippen LogP contribution in [0.15, 0.2) is 16.6 Å². The number of halogens is 1. The lowest BCUT2D eigenvalue weighted by Crippen LogP contribution is -2.42. The maximum atomic E-state index is 3.63. The molecule has 0 aliphatic rings. The van der Waals surface area contributed by atoms with Gasteiger partial charge in [0, 0.05) is 16.6 Å². The Morgan fingerprint density at radius 1 is 1.00 bits per heavy atom. The van der Waals surface area contributed by atoms with Gasteiger partial charge in [-0.15, -0.1) is 0 Å². The predicted octanol–water partition coefficient (Wildman–Crippen LogP) is 5.41. The van der Waals surface area contributed by atoms with Gasteiger partial charge in [-0.1, -0.05) is 35.8 Å². The van der Waals surface area contributed by atoms with Gasteiger partial charge in [0.15, 0.2) is 0 Å². The molecular weight excluding hydrogens is 310 g/mol. The summed E-state index contributed by atoms with van der Waals surface area (Å²) in [5.41, 5.74) is 4.72. The van der Waals surface area contributed by atoms with Gasteiger partial charge in [0.2, 0.25) is 0 Å². The van der Waals surface area contributed by atoms with Gasteiger partial charge in [0.25, 0.3) is 0 Å². The predicted molar refractivity (Wildman–Crippen MR) is 93.5 cm³/mol. The Balaban J connectivity index is 2.64. The lowest BCUT2D eigenvalue weighted by Gasteiger charge is -2.30. The van der Waals surface area contributed by atoms with Crippen molar-refractivity contribution in [2.45, 2.75) is 66.8 Å². The van der Waals surface area contributed by atoms with Crippen LogP contribution in [0, 0.1) is 19.3 Å². The summed E-state index contributed by atoms with van der Waals surface area (Å²) in [6, 6.07) is 4.57. The Bertz CT molecular complexity index is 455. The Labute approximate surface area is 133 Å². The number of aryl methyl sites for hydroxylation is 3. The molecule has 114 valence electrons. The quantitative estimate of drug-likeness (QED) is 0.755. The molecule has 0 spiro atoms. The van der Waals surface area contributed by atoms with E-state index < -0.39 is 0 Å². The normalized spacial score (nSPS) is 12.8. The number of benzene rings is 1. The molecule has 1 aromatic carbocycles. The third-order valence-corrected chi connectivity index (χ3v) is 4.64. The van der Waals surface area contributed by atoms with Crippen LogP contribution in [-0.4, -0.2) is 12.1 Å². The lowest BCUT2D eigenvalue weighted by atomic mass is 9.84. The largest absolute Gasteiger partial charge is 0.312 e. The van der Waals surface area contributed by atoms with Crippen LogP contribution < -0.4 is 5.32 Å². The molecule has 1 N–H and O–H groups in total. The van der Waals surface area contributed by atoms with Crippen molar-refractivity contribution in [2.75, 3.05) is 6.54 Å². The van der Waals surface area contributed by atoms with Gasteiger partial charge in [-0.2, -0.15) is 0 Å². The molecule has 1 aromatic rings. The molecule has 0 saturated carbocycles. The Morgan fingerprint density at radius 2 is 1.60 bits per heavy atom. The molecule has 1 nitrogen and oxygen atoms in total. The van der Waals surface area contributed by atoms with Gasteiger partial charge in [-0.3, -0.25) is 0 Å². The maximum Gasteiger partial charge on any atom is 0.0207 e. The van der Waals surface area contributed by atoms with E-state index in [-0.39, 0.29) is 5.54 Å². The van der Waals surface area contributed by atoms with Crippen molar-refractivity contribution in [2.24, 2.45) is 5.41 Å². The molecule has 0 aliphatic heterocycles. The van der Waals surface area contributed by atoms with E-state index in [1.807, 2.05) is 0 Å². The fraction of sp³-hybridized carbons (Fsp3) is 0.667. The highest BCUT2D eigenvalue weighted by molar-refractivity contribution is 9.10. The molecule has 0 heterocycles. The molecule has 1 rings (SSSR count). The minimum absolute atomic E-state index is 0.196. The summed E-state index contributed by atoms with van der Waals surface area (Å²) >= 11 is 3.61. The Kier molecular flexibility index (Phi) is 5.86. The summed E-state index contributed by atoms with van der Waals surface area (Å²) in [5.74, 6) is 0. The minimum atomic E-state index is 0.196. The molecule has 2 heteroatoms. The van der Waals surface area contributed by atoms with E-state index >= 15 is 0 Å². The van der Waals surface area contributed by atoms with E-state index in [2.05, 4.69) is 81.8 Å². The standard InChI is InChI=1S/C18H30BrN/c1-13-11-16(19)14(2)10-15(13)8-9-18(6,7)12-20-17(3,4)5/h10-11,20H,8-9,12H2,1-7H3. The molecule has 0 radical (unpaired) electrons. The zero-order chi connectivity index (χ0) is 15.6. The van der Waals surface area contributed by atoms with Crippen molar-refractivity contribution in [3.63, 3.8) is 0 Å². The molecular formula is C18H30BrN. The minimum Gasteiger partial charge on any atom is -0.312 e. The van der Waals surface area contributed by atoms with Crippen LogP contribution in [0.3, 0.4) is 0 Å². The first-order chi connectivity index (χ1) is 9.00. The average molecular weight is 340 g/mol. The molecule has 0 atom stereocenters. The van der Waals surface area contributed by atoms with Crippen molar-refractivity contribution >= 4 is 15.9 Å². The zero-order valence-electron chi connectivity index (χ0n) is 14.2. The first kappa shape index (κ1) is 17.7. The number of nitrogens with one attached hydrogen (secondary N) is 1. The van der Waals surface area contributed by atoms with E-state index in [9.17, 15) is 0 Å². The molecule has 0 amide bonds. The highest BCUT2D eigenvalue weighted by Gasteiger charge is 2.21. The topological polar surface area (TPSA) is 12.0 Å². The summed E-state index contributed by atoms with van der Waals surface area (Å²) < 4.78 is 1.22. The lowest BCUT2D eigenvalue weighted by molar-refractivity contribution is 0.273. The number of hydrogen-bond donors (Lipinski definition) is 1. The van der Waals surface area contributed by atoms with E-state index in [4.69, 9.17) is 0 Å². The van der Waals surface area contributed by atoms with E-state index in [0.717, 1.165) is 13.0 Å². The third kappa shape index (κ3) is 5.97. The monoisotopic (exact) mass is 339 g/mol. The van der Waals surface area contributed by atoms with Gasteiger partial charge >= 0.3 is 0 Å². The summed E-state index contributed by atoms with van der Waals surface area (Å²) in [6.07, 6.45) is 2.36. The molecule has 0 fully saturated rings. The SMILES string of the molecule is Cc1cc(CCC(C)(C)CNC(C)(C)C)c(C)cc1Br. The Hall–Kier alpha value is -0.340. The van der Waals surface area contributed by atoms with Gasteiger partial charge in [0.1, 0.15) is 0 Å². The maximum absolute atomic E-state index is 3.63. The van der Waals surface area contributed by atoms with Crippen molar-refractivity contribution in [1.82, 2.24) is 5.32 Å². The Morgan fingerprint density at radius 3 is 2.15 bits per heavy atom. The average Bonchev–Trinajstić information content (AvgIpc) is 2.29. The van der Waals surface area contributed by atoms with Crippen molar-refractivity contribution in [1.29, 1.82) is 0 Å². The highest BCUT2D eigenvalue weighted by atomic mass is 79.9. The van der Waals surface area contributed by atoms with Gasteiger partial charge in [-0.25, -0.2) is 0 Å². The van der Waals surface area contributed by atoms with Gasteiger partial charge in [-0.05, 0) is 75.6 Å². The summed E-state index contributed by atoms with van der Waals surface area (Å²) in [7, 11) is 0. The third-order valence-electron chi connectivity index (χ3n) is 3.79. The van der Waals surface area contributed by atoms with Crippen LogP contribution in [0.4, 0.5) is 0 Å². The van der Waals surface area contributed by atoms with E-state index in [1.165, 1.54) is 27.6 Å². The van der Waals surface area contributed by atoms with Crippen LogP contribution in [-0.2, 0) is 6.42 Å². The number of rotatable bonds is 5. The fourth-order valence-electron chi connectivity index (χ4n) is 2.18. The van der Waals surface area contributed by atoms with Crippen LogP contribution >= 0.6 is 15.9 Å². The van der Waals surface area contributed by atoms with Gasteiger partial charge < -0.3 is 5.32 Å². The molecule has 0 aromatic heterocycles. The molecule has 20 heavy (non-hydrogen) atoms. The van der Waals surface area contributed by atoms with E-state index in [1.54, 1.807) is 0 Å². The van der Waals surface area contributed by atoms with Crippen molar-refractivity contribution in [3.8, 4) is 0 Å². The highest BCUT2D eigenvalue weighted by Crippen LogP contribution is 2.27. The molecule has 0 unspecified atom stereocenters. The molecule has 0 aliphatic carbocycles. The zero-order valence-corrected chi connectivity index (χ0v) is 15.7. The first-order valence-electron chi connectivity index (χ1n) is 7.51. The molecule has 0 bridgehead atoms. The van der Waals surface area contributed by atoms with Crippen molar-refractivity contribution < 1.29 is 0 Å². The van der Waals surface area contributed by atoms with Crippen LogP contribution in [0.1, 0.15) is 57.7 Å². The second-order valence-electron chi connectivity index (χ2n) is 7.80. The summed E-state index contributed by atoms with van der Waals surface area (Å²) in [5, 5.41) is 3.63. The first-order valence-corrected chi connectivity index (χ1v) is 8.30. The smallest absolute Gasteiger partial charge is 0.0207 e. The van der Waals surface area contributed by atoms with Crippen LogP contribution in [0.5, 0.6) is 0 Å². The van der Waals surface area contributed by atoms with Gasteiger partial charge in [0.05, 0.1) is 0 Å². The second kappa shape index (κ2) is 6.62. The number of hydrogen-bond acceptors (Lipinski definition) is 1. The van der Waals surface area contributed by atoms with E-state index in [0.29, 0.717) is 5.41 Å². The second-order valence-corrected chi connectivity index (χ2v) is 8.65. The van der Waals surface area contributed by atoms with Crippen LogP contribution in [0.2, 0.25) is 0 Å². The summed E-state index contributed by atoms with van der Waals surface area (Å²) in [4.78, 5) is 0. The molecule has 0 saturated heterocycles. The summed E-state index contributed by atoms with van der Waals surface area (Å²) in [6.45, 7) is 16.8. The van der Waals surface area contributed by atoms with Crippen LogP contribution in [0.25, 0.3) is 0 Å². The van der Waals surface area contributed by atoms with Crippen molar-refractivity contribution in [3.05, 3.63) is 33.3 Å². The fourth-order valence-corrected chi connectivity index (χ4v) is 2.63.